The van der Waals surface area contributed by atoms with Crippen LogP contribution < -0.4 is 11.2 Å². The molecule has 9 heteroatoms. The summed E-state index contributed by atoms with van der Waals surface area (Å²) in [5, 5.41) is 0. The third-order valence-corrected chi connectivity index (χ3v) is 5.27. The summed E-state index contributed by atoms with van der Waals surface area (Å²) in [7, 11) is 0. The zero-order chi connectivity index (χ0) is 22.9. The van der Waals surface area contributed by atoms with E-state index in [1.165, 1.54) is 16.7 Å². The van der Waals surface area contributed by atoms with Gasteiger partial charge in [0.15, 0.2) is 11.2 Å². The summed E-state index contributed by atoms with van der Waals surface area (Å²) in [5.74, 6) is 0.318. The van der Waals surface area contributed by atoms with Gasteiger partial charge in [0.2, 0.25) is 0 Å². The molecule has 0 aliphatic carbocycles. The first kappa shape index (κ1) is 21.6. The van der Waals surface area contributed by atoms with E-state index in [0.717, 1.165) is 24.1 Å². The van der Waals surface area contributed by atoms with Crippen LogP contribution in [0.5, 0.6) is 0 Å². The van der Waals surface area contributed by atoms with Crippen molar-refractivity contribution in [2.24, 2.45) is 0 Å². The van der Waals surface area contributed by atoms with Crippen LogP contribution in [0.4, 0.5) is 13.2 Å². The Bertz CT molecular complexity index is 1350. The van der Waals surface area contributed by atoms with Crippen LogP contribution in [0.15, 0.2) is 64.2 Å². The van der Waals surface area contributed by atoms with Gasteiger partial charge in [0.1, 0.15) is 5.82 Å². The maximum Gasteiger partial charge on any atom is 0.416 e. The maximum atomic E-state index is 13.0. The monoisotopic (exact) mass is 442 g/mol. The lowest BCUT2D eigenvalue weighted by Gasteiger charge is -2.11. The molecule has 4 rings (SSSR count). The van der Waals surface area contributed by atoms with Crippen LogP contribution in [0.1, 0.15) is 30.9 Å². The molecule has 1 N–H and O–H groups in total. The number of fused-ring (bicyclic) bond motifs is 1. The second-order valence-corrected chi connectivity index (χ2v) is 7.52. The molecule has 0 radical (unpaired) electrons. The van der Waals surface area contributed by atoms with Gasteiger partial charge in [-0.25, -0.2) is 9.78 Å². The van der Waals surface area contributed by atoms with Gasteiger partial charge in [-0.05, 0) is 24.1 Å². The van der Waals surface area contributed by atoms with Crippen molar-refractivity contribution >= 4 is 11.2 Å². The van der Waals surface area contributed by atoms with E-state index in [1.54, 1.807) is 4.57 Å². The summed E-state index contributed by atoms with van der Waals surface area (Å²) < 4.78 is 42.1. The molecule has 0 amide bonds. The summed E-state index contributed by atoms with van der Waals surface area (Å²) in [6, 6.07) is 13.9. The molecule has 0 saturated heterocycles. The molecule has 166 valence electrons. The highest BCUT2D eigenvalue weighted by Crippen LogP contribution is 2.31. The summed E-state index contributed by atoms with van der Waals surface area (Å²) in [4.78, 5) is 32.2. The van der Waals surface area contributed by atoms with E-state index in [1.807, 2.05) is 37.3 Å². The maximum absolute atomic E-state index is 13.0. The van der Waals surface area contributed by atoms with Gasteiger partial charge in [-0.15, -0.1) is 0 Å². The number of benzene rings is 2. The number of aromatic amines is 1. The topological polar surface area (TPSA) is 72.7 Å². The third-order valence-electron chi connectivity index (χ3n) is 5.27. The van der Waals surface area contributed by atoms with E-state index < -0.39 is 23.0 Å². The minimum absolute atomic E-state index is 0.208. The van der Waals surface area contributed by atoms with Crippen molar-refractivity contribution < 1.29 is 13.2 Å². The van der Waals surface area contributed by atoms with E-state index >= 15 is 0 Å². The fraction of sp³-hybridized carbons (Fsp3) is 0.261. The number of H-pyrrole nitrogens is 1. The number of hydrogen-bond donors (Lipinski definition) is 1. The van der Waals surface area contributed by atoms with Gasteiger partial charge in [-0.1, -0.05) is 55.8 Å². The molecule has 0 spiro atoms. The van der Waals surface area contributed by atoms with Crippen molar-refractivity contribution in [3.63, 3.8) is 0 Å². The third kappa shape index (κ3) is 4.10. The number of halogens is 3. The molecule has 2 heterocycles. The molecule has 4 aromatic rings. The van der Waals surface area contributed by atoms with Gasteiger partial charge >= 0.3 is 11.9 Å². The fourth-order valence-electron chi connectivity index (χ4n) is 3.64. The lowest BCUT2D eigenvalue weighted by atomic mass is 10.1. The van der Waals surface area contributed by atoms with E-state index in [-0.39, 0.29) is 17.7 Å². The minimum atomic E-state index is -4.46. The molecule has 0 atom stereocenters. The Labute approximate surface area is 181 Å². The SMILES string of the molecule is CCCCn1c(=O)[nH]c(=O)c2c1nc(-c1ccc(C(F)(F)F)cc1)n2Cc1ccccc1. The van der Waals surface area contributed by atoms with Gasteiger partial charge in [0.25, 0.3) is 5.56 Å². The number of unbranched alkanes of at least 4 members (excludes halogenated alkanes) is 1. The van der Waals surface area contributed by atoms with Crippen molar-refractivity contribution in [2.75, 3.05) is 0 Å². The molecule has 0 bridgehead atoms. The smallest absolute Gasteiger partial charge is 0.314 e. The van der Waals surface area contributed by atoms with Crippen molar-refractivity contribution in [1.82, 2.24) is 19.1 Å². The number of nitrogens with zero attached hydrogens (tertiary/aromatic N) is 3. The average Bonchev–Trinajstić information content (AvgIpc) is 3.13. The molecule has 32 heavy (non-hydrogen) atoms. The normalized spacial score (nSPS) is 11.9. The van der Waals surface area contributed by atoms with Crippen molar-refractivity contribution in [1.29, 1.82) is 0 Å². The van der Waals surface area contributed by atoms with Gasteiger partial charge in [0, 0.05) is 18.7 Å². The number of nitrogens with one attached hydrogen (secondary N) is 1. The summed E-state index contributed by atoms with van der Waals surface area (Å²) in [6.07, 6.45) is -2.91. The summed E-state index contributed by atoms with van der Waals surface area (Å²) in [6.45, 7) is 2.62. The zero-order valence-electron chi connectivity index (χ0n) is 17.3. The first-order chi connectivity index (χ1) is 15.3. The average molecular weight is 442 g/mol. The Morgan fingerprint density at radius 3 is 2.28 bits per heavy atom. The van der Waals surface area contributed by atoms with E-state index in [4.69, 9.17) is 0 Å². The number of aromatic nitrogens is 4. The van der Waals surface area contributed by atoms with Crippen LogP contribution in [0, 0.1) is 0 Å². The molecule has 2 aromatic carbocycles. The lowest BCUT2D eigenvalue weighted by Crippen LogP contribution is -2.31. The van der Waals surface area contributed by atoms with Crippen molar-refractivity contribution in [2.45, 2.75) is 39.0 Å². The van der Waals surface area contributed by atoms with Crippen LogP contribution in [0.25, 0.3) is 22.6 Å². The van der Waals surface area contributed by atoms with E-state index in [9.17, 15) is 22.8 Å². The molecular weight excluding hydrogens is 421 g/mol. The Hall–Kier alpha value is -3.62. The van der Waals surface area contributed by atoms with E-state index in [0.29, 0.717) is 24.4 Å². The van der Waals surface area contributed by atoms with E-state index in [2.05, 4.69) is 9.97 Å². The second-order valence-electron chi connectivity index (χ2n) is 7.52. The fourth-order valence-corrected chi connectivity index (χ4v) is 3.64. The Morgan fingerprint density at radius 1 is 0.969 bits per heavy atom. The molecule has 6 nitrogen and oxygen atoms in total. The molecule has 0 aliphatic heterocycles. The van der Waals surface area contributed by atoms with Gasteiger partial charge in [-0.2, -0.15) is 13.2 Å². The number of rotatable bonds is 6. The van der Waals surface area contributed by atoms with Crippen molar-refractivity contribution in [3.05, 3.63) is 86.6 Å². The first-order valence-corrected chi connectivity index (χ1v) is 10.2. The molecular formula is C23H21F3N4O2. The van der Waals surface area contributed by atoms with Gasteiger partial charge < -0.3 is 4.57 Å². The predicted molar refractivity (Wildman–Crippen MR) is 116 cm³/mol. The quantitative estimate of drug-likeness (QED) is 0.481. The summed E-state index contributed by atoms with van der Waals surface area (Å²) in [5.41, 5.74) is -0.189. The first-order valence-electron chi connectivity index (χ1n) is 10.2. The highest BCUT2D eigenvalue weighted by molar-refractivity contribution is 5.77. The standard InChI is InChI=1S/C23H21F3N4O2/c1-2-3-13-29-20-18(21(31)28-22(29)32)30(14-15-7-5-4-6-8-15)19(27-20)16-9-11-17(12-10-16)23(24,25)26/h4-12H,2-3,13-14H2,1H3,(H,28,31,32). The number of aryl methyl sites for hydroxylation is 1. The van der Waals surface area contributed by atoms with Crippen LogP contribution in [-0.4, -0.2) is 19.1 Å². The molecule has 0 unspecified atom stereocenters. The van der Waals surface area contributed by atoms with Gasteiger partial charge in [0.05, 0.1) is 5.56 Å². The van der Waals surface area contributed by atoms with Crippen LogP contribution >= 0.6 is 0 Å². The predicted octanol–water partition coefficient (Wildman–Crippen LogP) is 4.42. The van der Waals surface area contributed by atoms with Crippen LogP contribution in [-0.2, 0) is 19.3 Å². The molecule has 0 fully saturated rings. The summed E-state index contributed by atoms with van der Waals surface area (Å²) >= 11 is 0. The molecule has 0 aliphatic rings. The largest absolute Gasteiger partial charge is 0.416 e. The Balaban J connectivity index is 1.96. The number of hydrogen-bond acceptors (Lipinski definition) is 3. The Morgan fingerprint density at radius 2 is 1.66 bits per heavy atom. The van der Waals surface area contributed by atoms with Crippen LogP contribution in [0.3, 0.4) is 0 Å². The van der Waals surface area contributed by atoms with Gasteiger partial charge in [-0.3, -0.25) is 14.3 Å². The highest BCUT2D eigenvalue weighted by Gasteiger charge is 2.30. The minimum Gasteiger partial charge on any atom is -0.314 e. The van der Waals surface area contributed by atoms with Crippen molar-refractivity contribution in [3.8, 4) is 11.4 Å². The number of alkyl halides is 3. The number of imidazole rings is 1. The molecule has 2 aromatic heterocycles. The molecule has 0 saturated carbocycles. The Kier molecular flexibility index (Phi) is 5.73. The van der Waals surface area contributed by atoms with Crippen LogP contribution in [0.2, 0.25) is 0 Å². The zero-order valence-corrected chi connectivity index (χ0v) is 17.3. The lowest BCUT2D eigenvalue weighted by molar-refractivity contribution is -0.137. The second kappa shape index (κ2) is 8.49. The highest BCUT2D eigenvalue weighted by atomic mass is 19.4.